The van der Waals surface area contributed by atoms with Crippen LogP contribution in [-0.2, 0) is 0 Å². The van der Waals surface area contributed by atoms with Gasteiger partial charge in [0.2, 0.25) is 0 Å². The SMILES string of the molecule is CCC1CCCN(C(=O)c2cc(O)cc(O)c2)CC1. The molecule has 1 aromatic carbocycles. The molecule has 2 N–H and O–H groups in total. The zero-order valence-corrected chi connectivity index (χ0v) is 11.3. The van der Waals surface area contributed by atoms with Gasteiger partial charge in [-0.25, -0.2) is 0 Å². The van der Waals surface area contributed by atoms with E-state index in [0.717, 1.165) is 32.4 Å². The van der Waals surface area contributed by atoms with Crippen molar-refractivity contribution >= 4 is 5.91 Å². The summed E-state index contributed by atoms with van der Waals surface area (Å²) in [5, 5.41) is 18.9. The van der Waals surface area contributed by atoms with Gasteiger partial charge in [0.05, 0.1) is 0 Å². The molecule has 2 rings (SSSR count). The number of carbonyl (C=O) groups is 1. The summed E-state index contributed by atoms with van der Waals surface area (Å²) in [5.41, 5.74) is 0.354. The minimum absolute atomic E-state index is 0.0791. The van der Waals surface area contributed by atoms with Crippen molar-refractivity contribution in [1.82, 2.24) is 4.90 Å². The number of aromatic hydroxyl groups is 2. The standard InChI is InChI=1S/C15H21NO3/c1-2-11-4-3-6-16(7-5-11)15(19)12-8-13(17)10-14(18)9-12/h8-11,17-18H,2-7H2,1H3. The molecule has 1 saturated heterocycles. The Bertz CT molecular complexity index is 438. The number of hydrogen-bond donors (Lipinski definition) is 2. The Balaban J connectivity index is 2.10. The normalized spacial score (nSPS) is 20.1. The highest BCUT2D eigenvalue weighted by atomic mass is 16.3. The number of amides is 1. The predicted molar refractivity (Wildman–Crippen MR) is 73.3 cm³/mol. The van der Waals surface area contributed by atoms with E-state index in [-0.39, 0.29) is 17.4 Å². The molecule has 0 saturated carbocycles. The first kappa shape index (κ1) is 13.7. The van der Waals surface area contributed by atoms with Crippen LogP contribution in [0, 0.1) is 5.92 Å². The van der Waals surface area contributed by atoms with E-state index < -0.39 is 0 Å². The Hall–Kier alpha value is -1.71. The summed E-state index contributed by atoms with van der Waals surface area (Å²) in [5.74, 6) is 0.438. The molecule has 1 amide bonds. The van der Waals surface area contributed by atoms with Gasteiger partial charge in [0, 0.05) is 24.7 Å². The van der Waals surface area contributed by atoms with Crippen LogP contribution in [-0.4, -0.2) is 34.1 Å². The summed E-state index contributed by atoms with van der Waals surface area (Å²) in [7, 11) is 0. The Kier molecular flexibility index (Phi) is 4.30. The highest BCUT2D eigenvalue weighted by Crippen LogP contribution is 2.24. The Morgan fingerprint density at radius 3 is 2.53 bits per heavy atom. The van der Waals surface area contributed by atoms with E-state index in [9.17, 15) is 15.0 Å². The van der Waals surface area contributed by atoms with E-state index in [1.165, 1.54) is 24.6 Å². The van der Waals surface area contributed by atoms with Crippen LogP contribution in [0.3, 0.4) is 0 Å². The van der Waals surface area contributed by atoms with Crippen molar-refractivity contribution in [3.05, 3.63) is 23.8 Å². The van der Waals surface area contributed by atoms with Gasteiger partial charge in [-0.2, -0.15) is 0 Å². The van der Waals surface area contributed by atoms with Crippen molar-refractivity contribution in [1.29, 1.82) is 0 Å². The lowest BCUT2D eigenvalue weighted by atomic mass is 9.98. The number of likely N-dealkylation sites (tertiary alicyclic amines) is 1. The number of rotatable bonds is 2. The quantitative estimate of drug-likeness (QED) is 0.862. The maximum Gasteiger partial charge on any atom is 0.254 e. The van der Waals surface area contributed by atoms with Crippen LogP contribution < -0.4 is 0 Å². The number of phenols is 2. The smallest absolute Gasteiger partial charge is 0.254 e. The summed E-state index contributed by atoms with van der Waals surface area (Å²) < 4.78 is 0. The van der Waals surface area contributed by atoms with Crippen molar-refractivity contribution < 1.29 is 15.0 Å². The lowest BCUT2D eigenvalue weighted by molar-refractivity contribution is 0.0759. The van der Waals surface area contributed by atoms with Gasteiger partial charge >= 0.3 is 0 Å². The van der Waals surface area contributed by atoms with E-state index in [1.807, 2.05) is 4.90 Å². The number of benzene rings is 1. The van der Waals surface area contributed by atoms with Crippen molar-refractivity contribution in [2.75, 3.05) is 13.1 Å². The highest BCUT2D eigenvalue weighted by molar-refractivity contribution is 5.95. The topological polar surface area (TPSA) is 60.8 Å². The van der Waals surface area contributed by atoms with E-state index in [1.54, 1.807) is 0 Å². The number of nitrogens with zero attached hydrogens (tertiary/aromatic N) is 1. The molecular formula is C15H21NO3. The predicted octanol–water partition coefficient (Wildman–Crippen LogP) is 2.75. The molecule has 1 fully saturated rings. The monoisotopic (exact) mass is 263 g/mol. The lowest BCUT2D eigenvalue weighted by Gasteiger charge is -2.20. The van der Waals surface area contributed by atoms with Gasteiger partial charge < -0.3 is 15.1 Å². The molecule has 1 aromatic rings. The Morgan fingerprint density at radius 1 is 1.21 bits per heavy atom. The van der Waals surface area contributed by atoms with Gasteiger partial charge in [-0.05, 0) is 37.3 Å². The minimum atomic E-state index is -0.108. The summed E-state index contributed by atoms with van der Waals surface area (Å²) in [4.78, 5) is 14.2. The summed E-state index contributed by atoms with van der Waals surface area (Å²) in [6.45, 7) is 3.70. The molecule has 1 heterocycles. The summed E-state index contributed by atoms with van der Waals surface area (Å²) >= 11 is 0. The van der Waals surface area contributed by atoms with Crippen LogP contribution in [0.1, 0.15) is 43.0 Å². The minimum Gasteiger partial charge on any atom is -0.508 e. The van der Waals surface area contributed by atoms with Crippen LogP contribution in [0.15, 0.2) is 18.2 Å². The molecule has 0 aromatic heterocycles. The lowest BCUT2D eigenvalue weighted by Crippen LogP contribution is -2.31. The van der Waals surface area contributed by atoms with E-state index in [2.05, 4.69) is 6.92 Å². The Labute approximate surface area is 113 Å². The first-order valence-electron chi connectivity index (χ1n) is 6.92. The van der Waals surface area contributed by atoms with Gasteiger partial charge in [-0.15, -0.1) is 0 Å². The largest absolute Gasteiger partial charge is 0.508 e. The third-order valence-electron chi connectivity index (χ3n) is 3.86. The van der Waals surface area contributed by atoms with Crippen LogP contribution in [0.5, 0.6) is 11.5 Å². The highest BCUT2D eigenvalue weighted by Gasteiger charge is 2.21. The van der Waals surface area contributed by atoms with Crippen LogP contribution in [0.4, 0.5) is 0 Å². The molecule has 4 nitrogen and oxygen atoms in total. The summed E-state index contributed by atoms with van der Waals surface area (Å²) in [6, 6.07) is 4.04. The second-order valence-corrected chi connectivity index (χ2v) is 5.24. The second kappa shape index (κ2) is 5.95. The third kappa shape index (κ3) is 3.40. The van der Waals surface area contributed by atoms with Gasteiger partial charge in [-0.3, -0.25) is 4.79 Å². The maximum absolute atomic E-state index is 12.4. The zero-order valence-electron chi connectivity index (χ0n) is 11.3. The third-order valence-corrected chi connectivity index (χ3v) is 3.86. The van der Waals surface area contributed by atoms with Crippen molar-refractivity contribution in [2.45, 2.75) is 32.6 Å². The molecule has 104 valence electrons. The average Bonchev–Trinajstić information content (AvgIpc) is 2.61. The molecule has 1 unspecified atom stereocenters. The first-order valence-corrected chi connectivity index (χ1v) is 6.92. The zero-order chi connectivity index (χ0) is 13.8. The first-order chi connectivity index (χ1) is 9.10. The molecule has 0 bridgehead atoms. The van der Waals surface area contributed by atoms with E-state index >= 15 is 0 Å². The molecule has 0 aliphatic carbocycles. The van der Waals surface area contributed by atoms with Crippen molar-refractivity contribution in [3.63, 3.8) is 0 Å². The van der Waals surface area contributed by atoms with E-state index in [0.29, 0.717) is 11.5 Å². The molecule has 0 spiro atoms. The van der Waals surface area contributed by atoms with Crippen molar-refractivity contribution in [2.24, 2.45) is 5.92 Å². The van der Waals surface area contributed by atoms with Crippen LogP contribution in [0.2, 0.25) is 0 Å². The number of phenolic OH excluding ortho intramolecular Hbond substituents is 2. The number of carbonyl (C=O) groups excluding carboxylic acids is 1. The van der Waals surface area contributed by atoms with Crippen LogP contribution >= 0.6 is 0 Å². The maximum atomic E-state index is 12.4. The molecule has 1 aliphatic rings. The second-order valence-electron chi connectivity index (χ2n) is 5.24. The fraction of sp³-hybridized carbons (Fsp3) is 0.533. The van der Waals surface area contributed by atoms with Crippen LogP contribution in [0.25, 0.3) is 0 Å². The number of hydrogen-bond acceptors (Lipinski definition) is 3. The van der Waals surface area contributed by atoms with Gasteiger partial charge in [0.1, 0.15) is 11.5 Å². The van der Waals surface area contributed by atoms with Gasteiger partial charge in [0.15, 0.2) is 0 Å². The van der Waals surface area contributed by atoms with E-state index in [4.69, 9.17) is 0 Å². The molecular weight excluding hydrogens is 242 g/mol. The summed E-state index contributed by atoms with van der Waals surface area (Å²) in [6.07, 6.45) is 4.39. The molecule has 0 radical (unpaired) electrons. The fourth-order valence-corrected chi connectivity index (χ4v) is 2.68. The van der Waals surface area contributed by atoms with Gasteiger partial charge in [-0.1, -0.05) is 13.3 Å². The van der Waals surface area contributed by atoms with Crippen molar-refractivity contribution in [3.8, 4) is 11.5 Å². The molecule has 19 heavy (non-hydrogen) atoms. The van der Waals surface area contributed by atoms with Gasteiger partial charge in [0.25, 0.3) is 5.91 Å². The molecule has 1 aliphatic heterocycles. The fourth-order valence-electron chi connectivity index (χ4n) is 2.68. The average molecular weight is 263 g/mol. The molecule has 4 heteroatoms. The molecule has 1 atom stereocenters. The Morgan fingerprint density at radius 2 is 1.89 bits per heavy atom.